The number of nitrogens with zero attached hydrogens (tertiary/aromatic N) is 5. The highest BCUT2D eigenvalue weighted by molar-refractivity contribution is 6.22. The zero-order valence-electron chi connectivity index (χ0n) is 28.0. The molecule has 0 radical (unpaired) electrons. The lowest BCUT2D eigenvalue weighted by atomic mass is 10.0. The molecule has 0 saturated heterocycles. The van der Waals surface area contributed by atoms with Crippen LogP contribution in [0.3, 0.4) is 0 Å². The average molecular weight is 664 g/mol. The molecule has 0 N–H and O–H groups in total. The van der Waals surface area contributed by atoms with Crippen LogP contribution in [0.15, 0.2) is 176 Å². The first-order valence-corrected chi connectivity index (χ1v) is 17.5. The van der Waals surface area contributed by atoms with E-state index in [1.54, 1.807) is 0 Å². The van der Waals surface area contributed by atoms with Crippen LogP contribution in [0.5, 0.6) is 0 Å². The second-order valence-corrected chi connectivity index (χ2v) is 13.3. The minimum atomic E-state index is 0.641. The topological polar surface area (TPSA) is 48.5 Å². The first kappa shape index (κ1) is 28.7. The van der Waals surface area contributed by atoms with Crippen LogP contribution in [0.1, 0.15) is 0 Å². The fourth-order valence-electron chi connectivity index (χ4n) is 8.05. The summed E-state index contributed by atoms with van der Waals surface area (Å²) in [7, 11) is 0. The van der Waals surface area contributed by atoms with Crippen molar-refractivity contribution in [3.05, 3.63) is 176 Å². The fraction of sp³-hybridized carbons (Fsp3) is 0. The molecule has 11 aromatic rings. The Morgan fingerprint density at radius 2 is 1.04 bits per heavy atom. The molecule has 0 unspecified atom stereocenters. The van der Waals surface area contributed by atoms with Crippen molar-refractivity contribution in [3.63, 3.8) is 0 Å². The normalized spacial score (nSPS) is 11.8. The first-order valence-electron chi connectivity index (χ1n) is 17.5. The van der Waals surface area contributed by atoms with Crippen molar-refractivity contribution in [2.75, 3.05) is 0 Å². The van der Waals surface area contributed by atoms with Crippen LogP contribution in [-0.4, -0.2) is 24.1 Å². The summed E-state index contributed by atoms with van der Waals surface area (Å²) in [5.41, 5.74) is 10.4. The van der Waals surface area contributed by atoms with Gasteiger partial charge in [-0.1, -0.05) is 115 Å². The third-order valence-electron chi connectivity index (χ3n) is 10.4. The van der Waals surface area contributed by atoms with Gasteiger partial charge in [-0.3, -0.25) is 9.55 Å². The highest BCUT2D eigenvalue weighted by atomic mass is 15.2. The summed E-state index contributed by atoms with van der Waals surface area (Å²) in [5, 5.41) is 8.25. The summed E-state index contributed by atoms with van der Waals surface area (Å²) in [4.78, 5) is 15.2. The minimum Gasteiger partial charge on any atom is -0.309 e. The van der Waals surface area contributed by atoms with Crippen LogP contribution in [0.2, 0.25) is 0 Å². The van der Waals surface area contributed by atoms with Gasteiger partial charge in [-0.15, -0.1) is 0 Å². The lowest BCUT2D eigenvalue weighted by molar-refractivity contribution is 1.01. The van der Waals surface area contributed by atoms with Gasteiger partial charge in [0.1, 0.15) is 0 Å². The van der Waals surface area contributed by atoms with Crippen LogP contribution < -0.4 is 0 Å². The van der Waals surface area contributed by atoms with Crippen LogP contribution >= 0.6 is 0 Å². The van der Waals surface area contributed by atoms with E-state index in [0.717, 1.165) is 55.5 Å². The maximum absolute atomic E-state index is 5.38. The zero-order valence-corrected chi connectivity index (χ0v) is 28.0. The molecule has 242 valence electrons. The predicted molar refractivity (Wildman–Crippen MR) is 214 cm³/mol. The number of aromatic nitrogens is 5. The zero-order chi connectivity index (χ0) is 34.2. The molecule has 4 heterocycles. The molecule has 5 heteroatoms. The van der Waals surface area contributed by atoms with Gasteiger partial charge in [-0.2, -0.15) is 0 Å². The summed E-state index contributed by atoms with van der Waals surface area (Å²) < 4.78 is 4.63. The molecule has 0 aliphatic heterocycles. The van der Waals surface area contributed by atoms with E-state index >= 15 is 0 Å². The average Bonchev–Trinajstić information content (AvgIpc) is 3.74. The summed E-state index contributed by atoms with van der Waals surface area (Å²) in [6, 6.07) is 60.0. The lowest BCUT2D eigenvalue weighted by Gasteiger charge is -2.12. The van der Waals surface area contributed by atoms with Crippen LogP contribution in [0.4, 0.5) is 0 Å². The van der Waals surface area contributed by atoms with Crippen LogP contribution in [0.25, 0.3) is 99.4 Å². The third kappa shape index (κ3) is 4.26. The molecule has 0 saturated carbocycles. The Kier molecular flexibility index (Phi) is 6.18. The third-order valence-corrected chi connectivity index (χ3v) is 10.4. The van der Waals surface area contributed by atoms with Gasteiger partial charge in [-0.05, 0) is 65.4 Å². The molecular formula is C47H29N5. The number of para-hydroxylation sites is 3. The first-order chi connectivity index (χ1) is 25.8. The largest absolute Gasteiger partial charge is 0.309 e. The van der Waals surface area contributed by atoms with E-state index in [-0.39, 0.29) is 0 Å². The van der Waals surface area contributed by atoms with Gasteiger partial charge in [0.05, 0.1) is 39.0 Å². The summed E-state index contributed by atoms with van der Waals surface area (Å²) in [6.45, 7) is 0. The van der Waals surface area contributed by atoms with Crippen molar-refractivity contribution in [1.82, 2.24) is 24.1 Å². The van der Waals surface area contributed by atoms with E-state index in [0.29, 0.717) is 5.95 Å². The van der Waals surface area contributed by atoms with Crippen molar-refractivity contribution < 1.29 is 0 Å². The van der Waals surface area contributed by atoms with E-state index in [2.05, 4.69) is 160 Å². The van der Waals surface area contributed by atoms with Gasteiger partial charge in [0.15, 0.2) is 0 Å². The number of hydrogen-bond acceptors (Lipinski definition) is 3. The van der Waals surface area contributed by atoms with E-state index < -0.39 is 0 Å². The Morgan fingerprint density at radius 3 is 1.81 bits per heavy atom. The van der Waals surface area contributed by atoms with Gasteiger partial charge in [-0.25, -0.2) is 9.97 Å². The summed E-state index contributed by atoms with van der Waals surface area (Å²) in [6.07, 6.45) is 1.83. The number of pyridine rings is 1. The molecule has 0 spiro atoms. The van der Waals surface area contributed by atoms with Crippen molar-refractivity contribution in [1.29, 1.82) is 0 Å². The molecular weight excluding hydrogens is 635 g/mol. The molecule has 0 fully saturated rings. The van der Waals surface area contributed by atoms with E-state index in [9.17, 15) is 0 Å². The Labute approximate surface area is 298 Å². The predicted octanol–water partition coefficient (Wildman–Crippen LogP) is 11.7. The molecule has 5 nitrogen and oxygen atoms in total. The van der Waals surface area contributed by atoms with E-state index in [1.807, 2.05) is 30.5 Å². The maximum atomic E-state index is 5.38. The molecule has 0 aliphatic carbocycles. The SMILES string of the molecule is c1ccc(-c2ccc(-c3nc(-n4c5ccc(-n6c7ccccc7c7ccccc76)cc5c5c6ccccc6ccc54)nc4ccccc34)cc2)nc1. The van der Waals surface area contributed by atoms with Gasteiger partial charge < -0.3 is 4.57 Å². The number of hydrogen-bond donors (Lipinski definition) is 0. The molecule has 0 amide bonds. The molecule has 0 atom stereocenters. The molecule has 0 bridgehead atoms. The molecule has 0 aliphatic rings. The quantitative estimate of drug-likeness (QED) is 0.188. The second-order valence-electron chi connectivity index (χ2n) is 13.3. The number of rotatable bonds is 4. The van der Waals surface area contributed by atoms with Gasteiger partial charge in [0.2, 0.25) is 5.95 Å². The molecule has 52 heavy (non-hydrogen) atoms. The Bertz CT molecular complexity index is 3120. The maximum Gasteiger partial charge on any atom is 0.235 e. The standard InChI is InChI=1S/C47H29N5/c1-2-12-34-30(11-1)24-26-44-45(34)38-29-33(51-41-18-7-4-13-35(41)36-14-5-8-19-42(36)51)25-27-43(38)52(44)47-49-40-17-6-3-15-37(40)46(50-47)32-22-20-31(21-23-32)39-16-9-10-28-48-39/h1-29H. The Hall–Kier alpha value is -7.11. The smallest absolute Gasteiger partial charge is 0.235 e. The molecule has 4 aromatic heterocycles. The van der Waals surface area contributed by atoms with Crippen LogP contribution in [0, 0.1) is 0 Å². The van der Waals surface area contributed by atoms with E-state index in [1.165, 1.54) is 38.0 Å². The Morgan fingerprint density at radius 1 is 0.404 bits per heavy atom. The molecule has 11 rings (SSSR count). The van der Waals surface area contributed by atoms with Gasteiger partial charge in [0.25, 0.3) is 0 Å². The monoisotopic (exact) mass is 663 g/mol. The molecule has 7 aromatic carbocycles. The van der Waals surface area contributed by atoms with Crippen LogP contribution in [-0.2, 0) is 0 Å². The van der Waals surface area contributed by atoms with Gasteiger partial charge in [0, 0.05) is 49.9 Å². The summed E-state index contributed by atoms with van der Waals surface area (Å²) in [5.74, 6) is 0.641. The highest BCUT2D eigenvalue weighted by Crippen LogP contribution is 2.40. The van der Waals surface area contributed by atoms with Gasteiger partial charge >= 0.3 is 0 Å². The lowest BCUT2D eigenvalue weighted by Crippen LogP contribution is -2.03. The number of fused-ring (bicyclic) bond motifs is 9. The second kappa shape index (κ2) is 11.2. The van der Waals surface area contributed by atoms with Crippen molar-refractivity contribution in [2.45, 2.75) is 0 Å². The summed E-state index contributed by atoms with van der Waals surface area (Å²) >= 11 is 0. The van der Waals surface area contributed by atoms with E-state index in [4.69, 9.17) is 9.97 Å². The number of benzene rings is 7. The Balaban J connectivity index is 1.19. The van der Waals surface area contributed by atoms with Crippen molar-refractivity contribution in [3.8, 4) is 34.2 Å². The van der Waals surface area contributed by atoms with Crippen molar-refractivity contribution >= 4 is 65.3 Å². The minimum absolute atomic E-state index is 0.641. The fourth-order valence-corrected chi connectivity index (χ4v) is 8.05. The highest BCUT2D eigenvalue weighted by Gasteiger charge is 2.20. The van der Waals surface area contributed by atoms with Crippen molar-refractivity contribution in [2.24, 2.45) is 0 Å².